The first-order chi connectivity index (χ1) is 6.70. The van der Waals surface area contributed by atoms with Crippen molar-refractivity contribution >= 4 is 17.1 Å². The molecule has 0 aliphatic heterocycles. The number of Topliss-reactive ketones (excluding diaryl/α,β-unsaturated/α-hetero) is 1. The van der Waals surface area contributed by atoms with E-state index in [0.717, 1.165) is 18.0 Å². The number of likely N-dealkylation sites (N-methyl/N-ethyl adjacent to an activating group) is 1. The molecular weight excluding hydrogens is 194 g/mol. The number of ketones is 1. The lowest BCUT2D eigenvalue weighted by atomic mass is 10.1. The molecule has 1 heterocycles. The van der Waals surface area contributed by atoms with E-state index in [2.05, 4.69) is 18.7 Å². The molecule has 0 aromatic carbocycles. The maximum Gasteiger partial charge on any atom is 0.189 e. The highest BCUT2D eigenvalue weighted by atomic mass is 32.1. The summed E-state index contributed by atoms with van der Waals surface area (Å²) >= 11 is 1.52. The van der Waals surface area contributed by atoms with E-state index < -0.39 is 0 Å². The van der Waals surface area contributed by atoms with Crippen molar-refractivity contribution in [3.63, 3.8) is 0 Å². The van der Waals surface area contributed by atoms with Gasteiger partial charge in [0.25, 0.3) is 0 Å². The fourth-order valence-electron chi connectivity index (χ4n) is 1.56. The summed E-state index contributed by atoms with van der Waals surface area (Å²) in [6.45, 7) is 8.00. The lowest BCUT2D eigenvalue weighted by molar-refractivity contribution is 0.0856. The van der Waals surface area contributed by atoms with E-state index in [4.69, 9.17) is 0 Å². The average Bonchev–Trinajstić information content (AvgIpc) is 2.71. The smallest absolute Gasteiger partial charge is 0.189 e. The first kappa shape index (κ1) is 11.4. The Bertz CT molecular complexity index is 277. The topological polar surface area (TPSA) is 20.3 Å². The monoisotopic (exact) mass is 211 g/mol. The van der Waals surface area contributed by atoms with Gasteiger partial charge in [0.05, 0.1) is 10.9 Å². The van der Waals surface area contributed by atoms with Crippen LogP contribution in [-0.4, -0.2) is 29.8 Å². The summed E-state index contributed by atoms with van der Waals surface area (Å²) in [5, 5.41) is 1.95. The zero-order valence-electron chi connectivity index (χ0n) is 8.99. The number of thiophene rings is 1. The van der Waals surface area contributed by atoms with Gasteiger partial charge in [-0.3, -0.25) is 9.69 Å². The highest BCUT2D eigenvalue weighted by Crippen LogP contribution is 2.14. The predicted molar refractivity (Wildman–Crippen MR) is 61.0 cm³/mol. The molecule has 0 aliphatic carbocycles. The Morgan fingerprint density at radius 2 is 2.14 bits per heavy atom. The van der Waals surface area contributed by atoms with E-state index in [1.807, 2.05) is 24.4 Å². The molecule has 0 spiro atoms. The molecule has 3 heteroatoms. The van der Waals surface area contributed by atoms with E-state index >= 15 is 0 Å². The molecule has 2 nitrogen and oxygen atoms in total. The molecule has 0 amide bonds. The van der Waals surface area contributed by atoms with Crippen LogP contribution in [0.3, 0.4) is 0 Å². The molecular formula is C11H17NOS. The van der Waals surface area contributed by atoms with Crippen molar-refractivity contribution in [2.24, 2.45) is 0 Å². The molecule has 0 saturated heterocycles. The van der Waals surface area contributed by atoms with Crippen molar-refractivity contribution in [2.45, 2.75) is 26.8 Å². The quantitative estimate of drug-likeness (QED) is 0.698. The lowest BCUT2D eigenvalue weighted by Gasteiger charge is -2.24. The average molecular weight is 211 g/mol. The molecule has 78 valence electrons. The Kier molecular flexibility index (Phi) is 4.29. The number of hydrogen-bond acceptors (Lipinski definition) is 3. The third-order valence-electron chi connectivity index (χ3n) is 2.50. The van der Waals surface area contributed by atoms with E-state index in [1.54, 1.807) is 0 Å². The largest absolute Gasteiger partial charge is 0.294 e. The van der Waals surface area contributed by atoms with Crippen LogP contribution in [0.2, 0.25) is 0 Å². The van der Waals surface area contributed by atoms with Gasteiger partial charge >= 0.3 is 0 Å². The normalized spacial score (nSPS) is 13.1. The molecule has 0 saturated carbocycles. The second-order valence-electron chi connectivity index (χ2n) is 3.24. The van der Waals surface area contributed by atoms with Gasteiger partial charge in [0.2, 0.25) is 0 Å². The van der Waals surface area contributed by atoms with Gasteiger partial charge in [-0.25, -0.2) is 0 Å². The second-order valence-corrected chi connectivity index (χ2v) is 4.19. The van der Waals surface area contributed by atoms with Crippen molar-refractivity contribution in [1.82, 2.24) is 4.90 Å². The number of rotatable bonds is 5. The van der Waals surface area contributed by atoms with Gasteiger partial charge in [-0.1, -0.05) is 19.9 Å². The van der Waals surface area contributed by atoms with Crippen molar-refractivity contribution < 1.29 is 4.79 Å². The number of carbonyl (C=O) groups excluding carboxylic acids is 1. The second kappa shape index (κ2) is 5.27. The van der Waals surface area contributed by atoms with Gasteiger partial charge in [-0.05, 0) is 31.5 Å². The lowest BCUT2D eigenvalue weighted by Crippen LogP contribution is -2.38. The van der Waals surface area contributed by atoms with Crippen LogP contribution in [0.25, 0.3) is 0 Å². The molecule has 1 unspecified atom stereocenters. The minimum absolute atomic E-state index is 0.00338. The molecule has 1 rings (SSSR count). The Morgan fingerprint density at radius 1 is 1.50 bits per heavy atom. The molecule has 0 bridgehead atoms. The van der Waals surface area contributed by atoms with Crippen molar-refractivity contribution in [2.75, 3.05) is 13.1 Å². The summed E-state index contributed by atoms with van der Waals surface area (Å²) < 4.78 is 0. The van der Waals surface area contributed by atoms with Crippen LogP contribution in [0.5, 0.6) is 0 Å². The van der Waals surface area contributed by atoms with Crippen LogP contribution in [0.4, 0.5) is 0 Å². The van der Waals surface area contributed by atoms with Crippen molar-refractivity contribution in [1.29, 1.82) is 0 Å². The summed E-state index contributed by atoms with van der Waals surface area (Å²) in [4.78, 5) is 15.0. The standard InChI is InChI=1S/C11H17NOS/c1-4-12(5-2)9(3)11(13)10-7-6-8-14-10/h6-9H,4-5H2,1-3H3. The summed E-state index contributed by atoms with van der Waals surface area (Å²) in [6, 6.07) is 3.82. The molecule has 1 aromatic heterocycles. The van der Waals surface area contributed by atoms with Crippen LogP contribution in [0.1, 0.15) is 30.4 Å². The van der Waals surface area contributed by atoms with Crippen LogP contribution in [-0.2, 0) is 0 Å². The van der Waals surface area contributed by atoms with Crippen molar-refractivity contribution in [3.8, 4) is 0 Å². The Labute approximate surface area is 89.5 Å². The molecule has 0 fully saturated rings. The first-order valence-electron chi connectivity index (χ1n) is 5.02. The van der Waals surface area contributed by atoms with Crippen molar-refractivity contribution in [3.05, 3.63) is 22.4 Å². The summed E-state index contributed by atoms with van der Waals surface area (Å²) in [5.41, 5.74) is 0. The zero-order chi connectivity index (χ0) is 10.6. The van der Waals surface area contributed by atoms with Crippen LogP contribution < -0.4 is 0 Å². The van der Waals surface area contributed by atoms with Gasteiger partial charge < -0.3 is 0 Å². The summed E-state index contributed by atoms with van der Waals surface area (Å²) in [7, 11) is 0. The maximum atomic E-state index is 11.9. The van der Waals surface area contributed by atoms with E-state index in [-0.39, 0.29) is 11.8 Å². The van der Waals surface area contributed by atoms with Gasteiger partial charge in [-0.15, -0.1) is 11.3 Å². The molecule has 0 aliphatic rings. The number of hydrogen-bond donors (Lipinski definition) is 0. The van der Waals surface area contributed by atoms with Crippen LogP contribution >= 0.6 is 11.3 Å². The van der Waals surface area contributed by atoms with Gasteiger partial charge in [-0.2, -0.15) is 0 Å². The van der Waals surface area contributed by atoms with Gasteiger partial charge in [0.15, 0.2) is 5.78 Å². The summed E-state index contributed by atoms with van der Waals surface area (Å²) in [5.74, 6) is 0.240. The van der Waals surface area contributed by atoms with E-state index in [1.165, 1.54) is 11.3 Å². The minimum Gasteiger partial charge on any atom is -0.294 e. The van der Waals surface area contributed by atoms with Gasteiger partial charge in [0, 0.05) is 0 Å². The zero-order valence-corrected chi connectivity index (χ0v) is 9.80. The highest BCUT2D eigenvalue weighted by Gasteiger charge is 2.20. The molecule has 1 aromatic rings. The molecule has 0 radical (unpaired) electrons. The Hall–Kier alpha value is -0.670. The van der Waals surface area contributed by atoms with Crippen LogP contribution in [0, 0.1) is 0 Å². The predicted octanol–water partition coefficient (Wildman–Crippen LogP) is 2.66. The van der Waals surface area contributed by atoms with Crippen LogP contribution in [0.15, 0.2) is 17.5 Å². The Morgan fingerprint density at radius 3 is 2.57 bits per heavy atom. The fourth-order valence-corrected chi connectivity index (χ4v) is 2.31. The Balaban J connectivity index is 2.69. The van der Waals surface area contributed by atoms with E-state index in [9.17, 15) is 4.79 Å². The van der Waals surface area contributed by atoms with Gasteiger partial charge in [0.1, 0.15) is 0 Å². The number of nitrogens with zero attached hydrogens (tertiary/aromatic N) is 1. The SMILES string of the molecule is CCN(CC)C(C)C(=O)c1cccs1. The highest BCUT2D eigenvalue weighted by molar-refractivity contribution is 7.12. The molecule has 1 atom stereocenters. The summed E-state index contributed by atoms with van der Waals surface area (Å²) in [6.07, 6.45) is 0. The maximum absolute atomic E-state index is 11.9. The first-order valence-corrected chi connectivity index (χ1v) is 5.90. The fraction of sp³-hybridized carbons (Fsp3) is 0.545. The minimum atomic E-state index is 0.00338. The number of carbonyl (C=O) groups is 1. The van der Waals surface area contributed by atoms with E-state index in [0.29, 0.717) is 0 Å². The third-order valence-corrected chi connectivity index (χ3v) is 3.39. The molecule has 0 N–H and O–H groups in total. The molecule has 14 heavy (non-hydrogen) atoms. The third kappa shape index (κ3) is 2.42.